The molecule has 0 saturated carbocycles. The molecule has 7 aromatic carbocycles. The maximum atomic E-state index is 6.20. The molecule has 0 aliphatic carbocycles. The number of para-hydroxylation sites is 1. The van der Waals surface area contributed by atoms with Crippen molar-refractivity contribution < 1.29 is 4.42 Å². The zero-order chi connectivity index (χ0) is 28.3. The minimum atomic E-state index is 0.606. The van der Waals surface area contributed by atoms with E-state index in [1.54, 1.807) is 0 Å². The Kier molecular flexibility index (Phi) is 5.16. The van der Waals surface area contributed by atoms with E-state index in [0.29, 0.717) is 17.5 Å². The van der Waals surface area contributed by atoms with Crippen LogP contribution in [0.15, 0.2) is 144 Å². The summed E-state index contributed by atoms with van der Waals surface area (Å²) in [6, 6.07) is 48.3. The van der Waals surface area contributed by atoms with Crippen LogP contribution in [0.2, 0.25) is 0 Å². The largest absolute Gasteiger partial charge is 0.456 e. The Hall–Kier alpha value is -5.87. The van der Waals surface area contributed by atoms with Gasteiger partial charge >= 0.3 is 0 Å². The topological polar surface area (TPSA) is 51.8 Å². The van der Waals surface area contributed by atoms with E-state index in [9.17, 15) is 0 Å². The molecule has 0 N–H and O–H groups in total. The zero-order valence-electron chi connectivity index (χ0n) is 23.0. The number of hydrogen-bond donors (Lipinski definition) is 0. The van der Waals surface area contributed by atoms with Gasteiger partial charge in [-0.2, -0.15) is 0 Å². The van der Waals surface area contributed by atoms with Crippen molar-refractivity contribution in [2.75, 3.05) is 0 Å². The Morgan fingerprint density at radius 3 is 1.60 bits per heavy atom. The number of benzene rings is 7. The normalized spacial score (nSPS) is 11.7. The Balaban J connectivity index is 1.25. The van der Waals surface area contributed by atoms with Crippen molar-refractivity contribution in [3.8, 4) is 34.2 Å². The van der Waals surface area contributed by atoms with Crippen molar-refractivity contribution >= 4 is 54.3 Å². The fraction of sp³-hybridized carbons (Fsp3) is 0. The summed E-state index contributed by atoms with van der Waals surface area (Å²) in [4.78, 5) is 15.1. The minimum absolute atomic E-state index is 0.606. The minimum Gasteiger partial charge on any atom is -0.456 e. The molecule has 0 saturated heterocycles. The highest BCUT2D eigenvalue weighted by molar-refractivity contribution is 6.08. The first-order chi connectivity index (χ1) is 21.3. The molecular weight excluding hydrogens is 526 g/mol. The molecule has 4 nitrogen and oxygen atoms in total. The first kappa shape index (κ1) is 23.8. The molecule has 0 fully saturated rings. The Morgan fingerprint density at radius 1 is 0.326 bits per heavy atom. The van der Waals surface area contributed by atoms with Crippen LogP contribution in [0.4, 0.5) is 0 Å². The van der Waals surface area contributed by atoms with Gasteiger partial charge in [0.2, 0.25) is 0 Å². The molecule has 2 heterocycles. The Morgan fingerprint density at radius 2 is 0.814 bits per heavy atom. The van der Waals surface area contributed by atoms with E-state index in [1.165, 1.54) is 21.5 Å². The van der Waals surface area contributed by atoms with Crippen LogP contribution < -0.4 is 0 Å². The van der Waals surface area contributed by atoms with Gasteiger partial charge in [0.05, 0.1) is 0 Å². The summed E-state index contributed by atoms with van der Waals surface area (Å²) in [5.74, 6) is 1.87. The van der Waals surface area contributed by atoms with Gasteiger partial charge in [0, 0.05) is 27.5 Å². The number of nitrogens with zero attached hydrogens (tertiary/aromatic N) is 3. The first-order valence-electron chi connectivity index (χ1n) is 14.4. The van der Waals surface area contributed by atoms with Crippen molar-refractivity contribution in [1.82, 2.24) is 15.0 Å². The molecule has 0 unspecified atom stereocenters. The summed E-state index contributed by atoms with van der Waals surface area (Å²) in [5, 5.41) is 9.31. The molecule has 0 radical (unpaired) electrons. The highest BCUT2D eigenvalue weighted by atomic mass is 16.3. The highest BCUT2D eigenvalue weighted by Crippen LogP contribution is 2.34. The summed E-state index contributed by atoms with van der Waals surface area (Å²) < 4.78 is 6.20. The van der Waals surface area contributed by atoms with Gasteiger partial charge in [-0.3, -0.25) is 0 Å². The lowest BCUT2D eigenvalue weighted by molar-refractivity contribution is 0.669. The van der Waals surface area contributed by atoms with Crippen molar-refractivity contribution in [2.24, 2.45) is 0 Å². The number of hydrogen-bond acceptors (Lipinski definition) is 4. The second-order valence-electron chi connectivity index (χ2n) is 10.9. The van der Waals surface area contributed by atoms with E-state index in [-0.39, 0.29) is 0 Å². The van der Waals surface area contributed by atoms with Gasteiger partial charge in [-0.15, -0.1) is 0 Å². The Labute approximate surface area is 246 Å². The third-order valence-corrected chi connectivity index (χ3v) is 8.28. The monoisotopic (exact) mass is 549 g/mol. The average molecular weight is 550 g/mol. The standard InChI is InChI=1S/C39H23N3O/c1-2-9-26-21-28(16-13-24(26)7-1)37-40-38(29-17-19-32-27(22-29)15-14-25-8-3-4-10-31(25)32)42-39(41-37)30-18-20-34-33-11-5-6-12-35(33)43-36(34)23-30/h1-23H. The van der Waals surface area contributed by atoms with E-state index in [1.807, 2.05) is 24.3 Å². The summed E-state index contributed by atoms with van der Waals surface area (Å²) in [6.45, 7) is 0. The first-order valence-corrected chi connectivity index (χ1v) is 14.4. The molecule has 2 aromatic heterocycles. The third-order valence-electron chi connectivity index (χ3n) is 8.28. The molecule has 0 bridgehead atoms. The third kappa shape index (κ3) is 3.96. The van der Waals surface area contributed by atoms with E-state index in [2.05, 4.69) is 115 Å². The second-order valence-corrected chi connectivity index (χ2v) is 10.9. The maximum absolute atomic E-state index is 6.20. The molecule has 43 heavy (non-hydrogen) atoms. The molecule has 200 valence electrons. The molecule has 0 amide bonds. The van der Waals surface area contributed by atoms with E-state index in [4.69, 9.17) is 19.4 Å². The number of aromatic nitrogens is 3. The lowest BCUT2D eigenvalue weighted by atomic mass is 10.00. The number of rotatable bonds is 3. The summed E-state index contributed by atoms with van der Waals surface area (Å²) in [7, 11) is 0. The molecule has 0 atom stereocenters. The molecular formula is C39H23N3O. The van der Waals surface area contributed by atoms with E-state index in [0.717, 1.165) is 49.4 Å². The summed E-state index contributed by atoms with van der Waals surface area (Å²) in [5.41, 5.74) is 4.44. The van der Waals surface area contributed by atoms with Crippen LogP contribution in [-0.4, -0.2) is 15.0 Å². The van der Waals surface area contributed by atoms with Gasteiger partial charge in [-0.1, -0.05) is 109 Å². The molecule has 9 aromatic rings. The van der Waals surface area contributed by atoms with Gasteiger partial charge in [0.1, 0.15) is 11.2 Å². The molecule has 0 aliphatic rings. The van der Waals surface area contributed by atoms with E-state index < -0.39 is 0 Å². The van der Waals surface area contributed by atoms with Crippen LogP contribution in [0, 0.1) is 0 Å². The predicted octanol–water partition coefficient (Wildman–Crippen LogP) is 10.2. The fourth-order valence-electron chi connectivity index (χ4n) is 6.11. The van der Waals surface area contributed by atoms with Crippen LogP contribution in [0.5, 0.6) is 0 Å². The van der Waals surface area contributed by atoms with Crippen molar-refractivity contribution in [3.05, 3.63) is 140 Å². The molecule has 4 heteroatoms. The number of fused-ring (bicyclic) bond motifs is 7. The maximum Gasteiger partial charge on any atom is 0.164 e. The van der Waals surface area contributed by atoms with Crippen LogP contribution in [0.3, 0.4) is 0 Å². The van der Waals surface area contributed by atoms with Gasteiger partial charge < -0.3 is 4.42 Å². The van der Waals surface area contributed by atoms with Crippen molar-refractivity contribution in [2.45, 2.75) is 0 Å². The highest BCUT2D eigenvalue weighted by Gasteiger charge is 2.15. The molecule has 0 aliphatic heterocycles. The van der Waals surface area contributed by atoms with Crippen LogP contribution in [0.25, 0.3) is 88.4 Å². The summed E-state index contributed by atoms with van der Waals surface area (Å²) in [6.07, 6.45) is 0. The second kappa shape index (κ2) is 9.33. The zero-order valence-corrected chi connectivity index (χ0v) is 23.0. The predicted molar refractivity (Wildman–Crippen MR) is 176 cm³/mol. The lowest BCUT2D eigenvalue weighted by Crippen LogP contribution is -2.00. The van der Waals surface area contributed by atoms with Gasteiger partial charge in [-0.05, 0) is 62.6 Å². The van der Waals surface area contributed by atoms with E-state index >= 15 is 0 Å². The molecule has 9 rings (SSSR count). The SMILES string of the molecule is c1ccc2cc(-c3nc(-c4ccc5c(ccc6ccccc65)c4)nc(-c4ccc5c(c4)oc4ccccc45)n3)ccc2c1. The van der Waals surface area contributed by atoms with Crippen LogP contribution in [-0.2, 0) is 0 Å². The van der Waals surface area contributed by atoms with Gasteiger partial charge in [0.25, 0.3) is 0 Å². The van der Waals surface area contributed by atoms with Crippen LogP contribution >= 0.6 is 0 Å². The molecule has 0 spiro atoms. The fourth-order valence-corrected chi connectivity index (χ4v) is 6.11. The summed E-state index contributed by atoms with van der Waals surface area (Å²) >= 11 is 0. The average Bonchev–Trinajstić information content (AvgIpc) is 3.45. The van der Waals surface area contributed by atoms with Gasteiger partial charge in [0.15, 0.2) is 17.5 Å². The Bertz CT molecular complexity index is 2530. The van der Waals surface area contributed by atoms with Gasteiger partial charge in [-0.25, -0.2) is 15.0 Å². The van der Waals surface area contributed by atoms with Crippen molar-refractivity contribution in [3.63, 3.8) is 0 Å². The smallest absolute Gasteiger partial charge is 0.164 e. The van der Waals surface area contributed by atoms with Crippen LogP contribution in [0.1, 0.15) is 0 Å². The quantitative estimate of drug-likeness (QED) is 0.206. The number of furan rings is 1. The van der Waals surface area contributed by atoms with Crippen molar-refractivity contribution in [1.29, 1.82) is 0 Å². The lowest BCUT2D eigenvalue weighted by Gasteiger charge is -2.10.